The lowest BCUT2D eigenvalue weighted by molar-refractivity contribution is -0.150. The number of benzene rings is 3. The molecule has 0 saturated heterocycles. The van der Waals surface area contributed by atoms with Crippen LogP contribution in [0, 0.1) is 0 Å². The van der Waals surface area contributed by atoms with Crippen molar-refractivity contribution in [1.82, 2.24) is 5.32 Å². The molecule has 4 nitrogen and oxygen atoms in total. The van der Waals surface area contributed by atoms with Gasteiger partial charge >= 0.3 is 5.97 Å². The van der Waals surface area contributed by atoms with E-state index in [4.69, 9.17) is 9.16 Å². The first-order valence-electron chi connectivity index (χ1n) is 13.1. The highest BCUT2D eigenvalue weighted by molar-refractivity contribution is 6.99. The molecule has 0 bridgehead atoms. The van der Waals surface area contributed by atoms with Gasteiger partial charge in [0.25, 0.3) is 8.32 Å². The molecule has 0 aromatic heterocycles. The van der Waals surface area contributed by atoms with Crippen molar-refractivity contribution in [1.29, 1.82) is 0 Å². The van der Waals surface area contributed by atoms with E-state index in [1.165, 1.54) is 17.5 Å². The summed E-state index contributed by atoms with van der Waals surface area (Å²) in [6.07, 6.45) is 1.45. The molecule has 37 heavy (non-hydrogen) atoms. The molecule has 3 aromatic carbocycles. The Bertz CT molecular complexity index is 1200. The lowest BCUT2D eigenvalue weighted by Gasteiger charge is -2.46. The fourth-order valence-electron chi connectivity index (χ4n) is 5.92. The first-order valence-corrected chi connectivity index (χ1v) is 15.0. The Morgan fingerprint density at radius 2 is 1.49 bits per heavy atom. The molecule has 1 aliphatic rings. The Morgan fingerprint density at radius 1 is 0.946 bits per heavy atom. The van der Waals surface area contributed by atoms with Crippen molar-refractivity contribution in [3.63, 3.8) is 0 Å². The molecule has 194 valence electrons. The first-order chi connectivity index (χ1) is 17.7. The summed E-state index contributed by atoms with van der Waals surface area (Å²) >= 11 is 0. The highest BCUT2D eigenvalue weighted by atomic mass is 28.4. The molecule has 0 aliphatic carbocycles. The van der Waals surface area contributed by atoms with Gasteiger partial charge in [0.2, 0.25) is 0 Å². The zero-order valence-electron chi connectivity index (χ0n) is 22.7. The van der Waals surface area contributed by atoms with E-state index in [0.717, 1.165) is 23.1 Å². The van der Waals surface area contributed by atoms with E-state index in [1.807, 2.05) is 30.3 Å². The lowest BCUT2D eigenvalue weighted by Crippen LogP contribution is -2.68. The summed E-state index contributed by atoms with van der Waals surface area (Å²) in [6.45, 7) is 13.8. The highest BCUT2D eigenvalue weighted by Crippen LogP contribution is 2.41. The van der Waals surface area contributed by atoms with E-state index >= 15 is 0 Å². The number of ether oxygens (including phenoxy) is 1. The Morgan fingerprint density at radius 3 is 2.00 bits per heavy atom. The summed E-state index contributed by atoms with van der Waals surface area (Å²) < 4.78 is 12.6. The number of carbonyl (C=O) groups excluding carboxylic acids is 1. The second-order valence-electron chi connectivity index (χ2n) is 10.9. The molecule has 0 amide bonds. The van der Waals surface area contributed by atoms with Crippen LogP contribution in [0.3, 0.4) is 0 Å². The number of carbonyl (C=O) groups is 1. The molecular formula is C32H39NO3Si. The van der Waals surface area contributed by atoms with Crippen LogP contribution in [0.5, 0.6) is 0 Å². The minimum Gasteiger partial charge on any atom is -0.467 e. The quantitative estimate of drug-likeness (QED) is 0.323. The van der Waals surface area contributed by atoms with Crippen LogP contribution in [0.25, 0.3) is 5.57 Å². The number of hydrogen-bond donors (Lipinski definition) is 1. The molecule has 1 heterocycles. The number of fused-ring (bicyclic) bond motifs is 1. The second kappa shape index (κ2) is 10.8. The molecular weight excluding hydrogens is 474 g/mol. The summed E-state index contributed by atoms with van der Waals surface area (Å²) in [6, 6.07) is 29.0. The molecule has 2 atom stereocenters. The van der Waals surface area contributed by atoms with Crippen LogP contribution in [0.4, 0.5) is 0 Å². The first kappa shape index (κ1) is 27.1. The van der Waals surface area contributed by atoms with E-state index in [1.54, 1.807) is 0 Å². The predicted octanol–water partition coefficient (Wildman–Crippen LogP) is 5.42. The average Bonchev–Trinajstić information content (AvgIpc) is 2.91. The normalized spacial score (nSPS) is 19.8. The third kappa shape index (κ3) is 4.72. The molecule has 1 aliphatic heterocycles. The minimum atomic E-state index is -2.75. The van der Waals surface area contributed by atoms with Gasteiger partial charge in [-0.1, -0.05) is 126 Å². The summed E-state index contributed by atoms with van der Waals surface area (Å²) in [7, 11) is -1.29. The van der Waals surface area contributed by atoms with E-state index < -0.39 is 13.9 Å². The molecule has 0 radical (unpaired) electrons. The smallest absolute Gasteiger partial charge is 0.330 e. The van der Waals surface area contributed by atoms with Crippen molar-refractivity contribution in [2.24, 2.45) is 0 Å². The van der Waals surface area contributed by atoms with Gasteiger partial charge < -0.3 is 9.16 Å². The Balaban J connectivity index is 1.81. The maximum Gasteiger partial charge on any atom is 0.330 e. The fraction of sp³-hybridized carbons (Fsp3) is 0.344. The Hall–Kier alpha value is -2.99. The number of nitrogens with one attached hydrogen (secondary N) is 1. The number of methoxy groups -OCH3 is 1. The third-order valence-electron chi connectivity index (χ3n) is 7.62. The van der Waals surface area contributed by atoms with Gasteiger partial charge in [0.05, 0.1) is 19.8 Å². The molecule has 5 heteroatoms. The summed E-state index contributed by atoms with van der Waals surface area (Å²) in [5.41, 5.74) is 1.91. The van der Waals surface area contributed by atoms with Gasteiger partial charge in [-0.25, -0.2) is 4.79 Å². The van der Waals surface area contributed by atoms with Crippen LogP contribution in [0.1, 0.15) is 51.7 Å². The molecule has 2 unspecified atom stereocenters. The SMILES string of the molecule is C=C1c2ccccc2C(CCC)(C(=O)OC)NC1CO[Si](c1ccccc1)(c1ccccc1)C(C)(C)C. The monoisotopic (exact) mass is 513 g/mol. The fourth-order valence-corrected chi connectivity index (χ4v) is 10.5. The number of esters is 1. The molecule has 0 saturated carbocycles. The van der Waals surface area contributed by atoms with Gasteiger partial charge in [-0.05, 0) is 38.5 Å². The molecule has 0 spiro atoms. The Labute approximate surface area is 222 Å². The van der Waals surface area contributed by atoms with Crippen molar-refractivity contribution in [2.75, 3.05) is 13.7 Å². The van der Waals surface area contributed by atoms with Crippen molar-refractivity contribution in [2.45, 2.75) is 57.2 Å². The van der Waals surface area contributed by atoms with Crippen LogP contribution in [0.15, 0.2) is 91.5 Å². The average molecular weight is 514 g/mol. The van der Waals surface area contributed by atoms with Gasteiger partial charge in [-0.15, -0.1) is 0 Å². The number of hydrogen-bond acceptors (Lipinski definition) is 4. The van der Waals surface area contributed by atoms with E-state index in [-0.39, 0.29) is 17.0 Å². The van der Waals surface area contributed by atoms with Crippen LogP contribution in [-0.2, 0) is 19.5 Å². The lowest BCUT2D eigenvalue weighted by atomic mass is 9.75. The predicted molar refractivity (Wildman–Crippen MR) is 155 cm³/mol. The van der Waals surface area contributed by atoms with Gasteiger partial charge in [-0.3, -0.25) is 5.32 Å². The standard InChI is InChI=1S/C32H39NO3Si/c1-7-22-32(30(34)35-6)28-21-15-14-20-27(28)24(2)29(33-32)23-36-37(31(3,4)5,25-16-10-8-11-17-25)26-18-12-9-13-19-26/h8-21,29,33H,2,7,22-23H2,1,3-6H3. The van der Waals surface area contributed by atoms with Crippen molar-refractivity contribution < 1.29 is 14.0 Å². The van der Waals surface area contributed by atoms with Crippen molar-refractivity contribution in [3.05, 3.63) is 103 Å². The summed E-state index contributed by atoms with van der Waals surface area (Å²) in [4.78, 5) is 13.4. The molecule has 0 fully saturated rings. The number of rotatable bonds is 8. The van der Waals surface area contributed by atoms with Crippen molar-refractivity contribution >= 4 is 30.2 Å². The van der Waals surface area contributed by atoms with Gasteiger partial charge in [0.15, 0.2) is 0 Å². The third-order valence-corrected chi connectivity index (χ3v) is 12.6. The highest BCUT2D eigenvalue weighted by Gasteiger charge is 2.52. The van der Waals surface area contributed by atoms with Crippen LogP contribution >= 0.6 is 0 Å². The summed E-state index contributed by atoms with van der Waals surface area (Å²) in [5, 5.41) is 5.98. The van der Waals surface area contributed by atoms with Crippen LogP contribution in [-0.4, -0.2) is 34.0 Å². The maximum atomic E-state index is 13.4. The molecule has 3 aromatic rings. The molecule has 4 rings (SSSR count). The Kier molecular flexibility index (Phi) is 7.88. The van der Waals surface area contributed by atoms with E-state index in [0.29, 0.717) is 13.0 Å². The largest absolute Gasteiger partial charge is 0.467 e. The van der Waals surface area contributed by atoms with Gasteiger partial charge in [0, 0.05) is 0 Å². The van der Waals surface area contributed by atoms with Crippen LogP contribution < -0.4 is 15.7 Å². The molecule has 1 N–H and O–H groups in total. The van der Waals surface area contributed by atoms with E-state index in [2.05, 4.69) is 94.2 Å². The van der Waals surface area contributed by atoms with Crippen molar-refractivity contribution in [3.8, 4) is 0 Å². The van der Waals surface area contributed by atoms with Gasteiger partial charge in [0.1, 0.15) is 5.54 Å². The second-order valence-corrected chi connectivity index (χ2v) is 15.2. The maximum absolute atomic E-state index is 13.4. The minimum absolute atomic E-state index is 0.146. The van der Waals surface area contributed by atoms with Crippen LogP contribution in [0.2, 0.25) is 5.04 Å². The van der Waals surface area contributed by atoms with Gasteiger partial charge in [-0.2, -0.15) is 0 Å². The van der Waals surface area contributed by atoms with E-state index in [9.17, 15) is 4.79 Å². The topological polar surface area (TPSA) is 47.6 Å². The zero-order valence-corrected chi connectivity index (χ0v) is 23.7. The zero-order chi connectivity index (χ0) is 26.7. The summed E-state index contributed by atoms with van der Waals surface area (Å²) in [5.74, 6) is -0.273.